The van der Waals surface area contributed by atoms with Crippen molar-refractivity contribution in [3.63, 3.8) is 0 Å². The summed E-state index contributed by atoms with van der Waals surface area (Å²) in [6.45, 7) is 1.92. The van der Waals surface area contributed by atoms with E-state index in [0.29, 0.717) is 25.1 Å². The van der Waals surface area contributed by atoms with Gasteiger partial charge in [-0.3, -0.25) is 19.6 Å². The molecule has 0 spiro atoms. The van der Waals surface area contributed by atoms with Crippen molar-refractivity contribution in [3.05, 3.63) is 41.6 Å². The zero-order chi connectivity index (χ0) is 17.1. The van der Waals surface area contributed by atoms with Gasteiger partial charge >= 0.3 is 5.97 Å². The van der Waals surface area contributed by atoms with Crippen LogP contribution in [-0.4, -0.2) is 46.0 Å². The Kier molecular flexibility index (Phi) is 4.41. The predicted molar refractivity (Wildman–Crippen MR) is 85.0 cm³/mol. The molecule has 1 saturated heterocycles. The summed E-state index contributed by atoms with van der Waals surface area (Å²) in [5.41, 5.74) is 2.77. The zero-order valence-electron chi connectivity index (χ0n) is 13.2. The molecule has 1 aliphatic rings. The zero-order valence-corrected chi connectivity index (χ0v) is 13.2. The molecule has 0 unspecified atom stereocenters. The van der Waals surface area contributed by atoms with Gasteiger partial charge in [-0.1, -0.05) is 29.8 Å². The van der Waals surface area contributed by atoms with Gasteiger partial charge in [-0.25, -0.2) is 4.79 Å². The third-order valence-electron chi connectivity index (χ3n) is 3.85. The number of hydrogen-bond donors (Lipinski definition) is 1. The van der Waals surface area contributed by atoms with E-state index >= 15 is 0 Å². The molecule has 0 radical (unpaired) electrons. The summed E-state index contributed by atoms with van der Waals surface area (Å²) in [5, 5.41) is 6.68. The number of aromatic nitrogens is 2. The van der Waals surface area contributed by atoms with Crippen LogP contribution >= 0.6 is 0 Å². The van der Waals surface area contributed by atoms with Crippen LogP contribution in [-0.2, 0) is 14.3 Å². The number of H-pyrrole nitrogens is 1. The summed E-state index contributed by atoms with van der Waals surface area (Å²) in [5.74, 6) is -1.40. The van der Waals surface area contributed by atoms with Gasteiger partial charge in [0.15, 0.2) is 6.61 Å². The first-order valence-electron chi connectivity index (χ1n) is 7.67. The number of aromatic amines is 1. The number of esters is 1. The number of carbonyl (C=O) groups is 3. The average molecular weight is 327 g/mol. The summed E-state index contributed by atoms with van der Waals surface area (Å²) in [7, 11) is 0. The number of carbonyl (C=O) groups excluding carboxylic acids is 3. The lowest BCUT2D eigenvalue weighted by atomic mass is 10.1. The second-order valence-electron chi connectivity index (χ2n) is 5.65. The fourth-order valence-corrected chi connectivity index (χ4v) is 2.49. The molecule has 0 saturated carbocycles. The molecule has 0 aliphatic carbocycles. The minimum atomic E-state index is -0.680. The number of aryl methyl sites for hydroxylation is 1. The largest absolute Gasteiger partial charge is 0.451 e. The summed E-state index contributed by atoms with van der Waals surface area (Å²) in [4.78, 5) is 36.4. The molecule has 7 heteroatoms. The number of benzene rings is 1. The Morgan fingerprint density at radius 1 is 1.29 bits per heavy atom. The number of imide groups is 1. The maximum atomic E-state index is 12.0. The van der Waals surface area contributed by atoms with E-state index in [1.807, 2.05) is 31.2 Å². The Bertz CT molecular complexity index is 779. The summed E-state index contributed by atoms with van der Waals surface area (Å²) in [6, 6.07) is 9.28. The smallest absolute Gasteiger partial charge is 0.356 e. The molecule has 0 atom stereocenters. The minimum absolute atomic E-state index is 0.158. The highest BCUT2D eigenvalue weighted by Gasteiger charge is 2.27. The van der Waals surface area contributed by atoms with Crippen LogP contribution in [0, 0.1) is 6.92 Å². The quantitative estimate of drug-likeness (QED) is 0.863. The lowest BCUT2D eigenvalue weighted by Crippen LogP contribution is -2.35. The van der Waals surface area contributed by atoms with Gasteiger partial charge in [-0.05, 0) is 19.4 Å². The molecule has 2 amide bonds. The van der Waals surface area contributed by atoms with Crippen molar-refractivity contribution in [1.82, 2.24) is 15.1 Å². The maximum absolute atomic E-state index is 12.0. The van der Waals surface area contributed by atoms with Crippen LogP contribution in [0.3, 0.4) is 0 Å². The normalized spacial score (nSPS) is 14.0. The second kappa shape index (κ2) is 6.66. The van der Waals surface area contributed by atoms with Crippen molar-refractivity contribution in [2.45, 2.75) is 19.8 Å². The van der Waals surface area contributed by atoms with Gasteiger partial charge in [0.05, 0.1) is 5.69 Å². The van der Waals surface area contributed by atoms with Gasteiger partial charge in [-0.15, -0.1) is 0 Å². The summed E-state index contributed by atoms with van der Waals surface area (Å²) >= 11 is 0. The highest BCUT2D eigenvalue weighted by Crippen LogP contribution is 2.18. The number of nitrogens with one attached hydrogen (secondary N) is 1. The van der Waals surface area contributed by atoms with E-state index in [4.69, 9.17) is 4.74 Å². The molecular formula is C17H17N3O4. The molecule has 2 heterocycles. The fourth-order valence-electron chi connectivity index (χ4n) is 2.49. The molecule has 1 aliphatic heterocycles. The van der Waals surface area contributed by atoms with E-state index in [1.165, 1.54) is 0 Å². The first kappa shape index (κ1) is 15.9. The van der Waals surface area contributed by atoms with Crippen molar-refractivity contribution >= 4 is 17.8 Å². The third kappa shape index (κ3) is 3.34. The SMILES string of the molecule is Cc1ccc(-c2cc(C(=O)OCC(=O)N3CCCC3=O)[nH]n2)cc1. The molecule has 24 heavy (non-hydrogen) atoms. The van der Waals surface area contributed by atoms with Crippen molar-refractivity contribution < 1.29 is 19.1 Å². The van der Waals surface area contributed by atoms with Crippen molar-refractivity contribution in [3.8, 4) is 11.3 Å². The van der Waals surface area contributed by atoms with Crippen LogP contribution in [0.4, 0.5) is 0 Å². The number of amides is 2. The van der Waals surface area contributed by atoms with Gasteiger partial charge in [0.1, 0.15) is 5.69 Å². The van der Waals surface area contributed by atoms with Crippen molar-refractivity contribution in [2.24, 2.45) is 0 Å². The molecular weight excluding hydrogens is 310 g/mol. The lowest BCUT2D eigenvalue weighted by molar-refractivity contribution is -0.143. The van der Waals surface area contributed by atoms with E-state index in [2.05, 4.69) is 10.2 Å². The molecule has 124 valence electrons. The third-order valence-corrected chi connectivity index (χ3v) is 3.85. The topological polar surface area (TPSA) is 92.4 Å². The number of ether oxygens (including phenoxy) is 1. The van der Waals surface area contributed by atoms with Gasteiger partial charge < -0.3 is 4.74 Å². The molecule has 1 aromatic heterocycles. The highest BCUT2D eigenvalue weighted by molar-refractivity contribution is 5.98. The average Bonchev–Trinajstić information content (AvgIpc) is 3.22. The van der Waals surface area contributed by atoms with Gasteiger partial charge in [0.2, 0.25) is 5.91 Å². The molecule has 7 nitrogen and oxygen atoms in total. The van der Waals surface area contributed by atoms with Gasteiger partial charge in [0, 0.05) is 18.5 Å². The van der Waals surface area contributed by atoms with Gasteiger partial charge in [-0.2, -0.15) is 5.10 Å². The Balaban J connectivity index is 1.60. The van der Waals surface area contributed by atoms with Crippen LogP contribution < -0.4 is 0 Å². The summed E-state index contributed by atoms with van der Waals surface area (Å²) in [6.07, 6.45) is 1.01. The maximum Gasteiger partial charge on any atom is 0.356 e. The molecule has 1 N–H and O–H groups in total. The van der Waals surface area contributed by atoms with E-state index in [0.717, 1.165) is 16.0 Å². The number of nitrogens with zero attached hydrogens (tertiary/aromatic N) is 2. The second-order valence-corrected chi connectivity index (χ2v) is 5.65. The molecule has 2 aromatic rings. The fraction of sp³-hybridized carbons (Fsp3) is 0.294. The van der Waals surface area contributed by atoms with Crippen LogP contribution in [0.5, 0.6) is 0 Å². The molecule has 3 rings (SSSR count). The Hall–Kier alpha value is -2.96. The standard InChI is InChI=1S/C17H17N3O4/c1-11-4-6-12(7-5-11)13-9-14(19-18-13)17(23)24-10-16(22)20-8-2-3-15(20)21/h4-7,9H,2-3,8,10H2,1H3,(H,18,19). The van der Waals surface area contributed by atoms with E-state index in [-0.39, 0.29) is 11.6 Å². The Morgan fingerprint density at radius 3 is 2.71 bits per heavy atom. The van der Waals surface area contributed by atoms with E-state index < -0.39 is 18.5 Å². The Morgan fingerprint density at radius 2 is 2.04 bits per heavy atom. The predicted octanol–water partition coefficient (Wildman–Crippen LogP) is 1.69. The van der Waals surface area contributed by atoms with E-state index in [1.54, 1.807) is 6.07 Å². The first-order valence-corrected chi connectivity index (χ1v) is 7.67. The molecule has 1 aromatic carbocycles. The number of likely N-dealkylation sites (tertiary alicyclic amines) is 1. The van der Waals surface area contributed by atoms with Crippen LogP contribution in [0.25, 0.3) is 11.3 Å². The Labute approximate surface area is 138 Å². The molecule has 1 fully saturated rings. The van der Waals surface area contributed by atoms with Crippen LogP contribution in [0.1, 0.15) is 28.9 Å². The minimum Gasteiger partial charge on any atom is -0.451 e. The lowest BCUT2D eigenvalue weighted by Gasteiger charge is -2.12. The van der Waals surface area contributed by atoms with Crippen LogP contribution in [0.15, 0.2) is 30.3 Å². The summed E-state index contributed by atoms with van der Waals surface area (Å²) < 4.78 is 4.97. The van der Waals surface area contributed by atoms with E-state index in [9.17, 15) is 14.4 Å². The first-order chi connectivity index (χ1) is 11.5. The number of rotatable bonds is 4. The van der Waals surface area contributed by atoms with Crippen molar-refractivity contribution in [2.75, 3.05) is 13.2 Å². The van der Waals surface area contributed by atoms with Crippen molar-refractivity contribution in [1.29, 1.82) is 0 Å². The van der Waals surface area contributed by atoms with Gasteiger partial charge in [0.25, 0.3) is 5.91 Å². The monoisotopic (exact) mass is 327 g/mol. The number of hydrogen-bond acceptors (Lipinski definition) is 5. The van der Waals surface area contributed by atoms with Crippen LogP contribution in [0.2, 0.25) is 0 Å². The molecule has 0 bridgehead atoms. The highest BCUT2D eigenvalue weighted by atomic mass is 16.5.